The highest BCUT2D eigenvalue weighted by molar-refractivity contribution is 6.01. The van der Waals surface area contributed by atoms with E-state index in [1.807, 2.05) is 51.4 Å². The maximum absolute atomic E-state index is 14.1. The van der Waals surface area contributed by atoms with E-state index in [2.05, 4.69) is 26.0 Å². The van der Waals surface area contributed by atoms with E-state index in [4.69, 9.17) is 4.74 Å². The topological polar surface area (TPSA) is 150 Å². The summed E-state index contributed by atoms with van der Waals surface area (Å²) >= 11 is 0. The van der Waals surface area contributed by atoms with Crippen LogP contribution in [0.2, 0.25) is 0 Å². The van der Waals surface area contributed by atoms with Gasteiger partial charge in [0.15, 0.2) is 0 Å². The molecule has 4 aromatic rings. The number of fused-ring (bicyclic) bond motifs is 3. The fourth-order valence-electron chi connectivity index (χ4n) is 6.68. The maximum atomic E-state index is 14.1. The molecule has 0 spiro atoms. The molecule has 2 aromatic heterocycles. The van der Waals surface area contributed by atoms with E-state index < -0.39 is 29.8 Å². The number of ether oxygens (including phenoxy) is 1. The Morgan fingerprint density at radius 2 is 1.85 bits per heavy atom. The smallest absolute Gasteiger partial charge is 0.255 e. The van der Waals surface area contributed by atoms with E-state index in [1.165, 1.54) is 0 Å². The van der Waals surface area contributed by atoms with Crippen LogP contribution in [-0.2, 0) is 34.3 Å². The molecule has 1 saturated heterocycles. The first-order chi connectivity index (χ1) is 22.7. The van der Waals surface area contributed by atoms with Crippen molar-refractivity contribution in [2.45, 2.75) is 64.1 Å². The zero-order valence-corrected chi connectivity index (χ0v) is 27.0. The maximum Gasteiger partial charge on any atom is 0.255 e. The lowest BCUT2D eigenvalue weighted by Crippen LogP contribution is -2.54. The minimum absolute atomic E-state index is 0.195. The predicted molar refractivity (Wildman–Crippen MR) is 176 cm³/mol. The van der Waals surface area contributed by atoms with Crippen LogP contribution in [0, 0.1) is 13.8 Å². The fraction of sp³-hybridized carbons (Fsp3) is 0.400. The number of hydrogen-bond acceptors (Lipinski definition) is 6. The number of H-pyrrole nitrogens is 1. The van der Waals surface area contributed by atoms with E-state index >= 15 is 0 Å². The van der Waals surface area contributed by atoms with Gasteiger partial charge in [-0.15, -0.1) is 0 Å². The lowest BCUT2D eigenvalue weighted by molar-refractivity contribution is -0.138. The Kier molecular flexibility index (Phi) is 9.28. The number of carbonyl (C=O) groups is 4. The highest BCUT2D eigenvalue weighted by Crippen LogP contribution is 2.25. The van der Waals surface area contributed by atoms with Gasteiger partial charge in [0.1, 0.15) is 24.4 Å². The number of carbonyl (C=O) groups excluding carboxylic acids is 4. The second-order valence-corrected chi connectivity index (χ2v) is 12.4. The molecule has 12 heteroatoms. The lowest BCUT2D eigenvalue weighted by atomic mass is 10.0. The van der Waals surface area contributed by atoms with Gasteiger partial charge in [0.2, 0.25) is 17.7 Å². The fourth-order valence-corrected chi connectivity index (χ4v) is 6.68. The van der Waals surface area contributed by atoms with Crippen molar-refractivity contribution in [1.82, 2.24) is 35.6 Å². The van der Waals surface area contributed by atoms with Crippen molar-refractivity contribution < 1.29 is 23.9 Å². The third-order valence-electron chi connectivity index (χ3n) is 9.30. The molecule has 4 N–H and O–H groups in total. The van der Waals surface area contributed by atoms with E-state index in [-0.39, 0.29) is 43.5 Å². The lowest BCUT2D eigenvalue weighted by Gasteiger charge is -2.30. The molecule has 0 aliphatic carbocycles. The predicted octanol–water partition coefficient (Wildman–Crippen LogP) is 2.48. The second kappa shape index (κ2) is 13.7. The van der Waals surface area contributed by atoms with Gasteiger partial charge in [-0.05, 0) is 62.4 Å². The molecule has 0 saturated carbocycles. The first kappa shape index (κ1) is 31.8. The summed E-state index contributed by atoms with van der Waals surface area (Å²) in [7, 11) is 1.87. The molecule has 1 fully saturated rings. The van der Waals surface area contributed by atoms with Crippen LogP contribution >= 0.6 is 0 Å². The number of aromatic nitrogens is 3. The van der Waals surface area contributed by atoms with Gasteiger partial charge in [0.05, 0.1) is 23.7 Å². The standard InChI is InChI=1S/C35H41N7O5/c1-21-25(22(2)41(3)40-21)14-15-36-34(45)29-18-32(43)38-30(17-23-19-37-28-12-6-4-10-26(23)28)35(46)42-16-8-9-24(42)20-47-31-13-7-5-11-27(31)33(44)39-29/h4-7,10-13,19,24,29-30,37H,8-9,14-18,20H2,1-3H3,(H,36,45)(H,38,43)(H,39,44)/t24-,29+,30+/m1/s1. The summed E-state index contributed by atoms with van der Waals surface area (Å²) in [4.78, 5) is 60.0. The molecule has 0 unspecified atom stereocenters. The van der Waals surface area contributed by atoms with Crippen LogP contribution in [0.25, 0.3) is 10.9 Å². The summed E-state index contributed by atoms with van der Waals surface area (Å²) in [5.74, 6) is -1.40. The van der Waals surface area contributed by atoms with Gasteiger partial charge < -0.3 is 30.6 Å². The van der Waals surface area contributed by atoms with Crippen molar-refractivity contribution in [3.05, 3.63) is 82.8 Å². The van der Waals surface area contributed by atoms with E-state index in [0.717, 1.165) is 46.3 Å². The molecule has 6 rings (SSSR count). The average Bonchev–Trinajstić information content (AvgIpc) is 3.76. The van der Waals surface area contributed by atoms with Crippen molar-refractivity contribution in [3.63, 3.8) is 0 Å². The molecule has 4 amide bonds. The normalized spacial score (nSPS) is 20.5. The summed E-state index contributed by atoms with van der Waals surface area (Å²) in [6.07, 6.45) is 3.85. The van der Waals surface area contributed by atoms with Crippen molar-refractivity contribution in [2.75, 3.05) is 19.7 Å². The van der Waals surface area contributed by atoms with Crippen LogP contribution in [0.1, 0.15) is 52.1 Å². The number of nitrogens with one attached hydrogen (secondary N) is 4. The summed E-state index contributed by atoms with van der Waals surface area (Å²) in [6, 6.07) is 12.3. The molecular formula is C35H41N7O5. The SMILES string of the molecule is Cc1nn(C)c(C)c1CCNC(=O)[C@@H]1CC(=O)N[C@@H](Cc2c[nH]c3ccccc23)C(=O)N2CCC[C@@H]2COc2ccccc2C(=O)N1. The van der Waals surface area contributed by atoms with Crippen molar-refractivity contribution in [2.24, 2.45) is 7.05 Å². The highest BCUT2D eigenvalue weighted by Gasteiger charge is 2.36. The van der Waals surface area contributed by atoms with Crippen LogP contribution < -0.4 is 20.7 Å². The molecule has 12 nitrogen and oxygen atoms in total. The molecule has 0 radical (unpaired) electrons. The molecule has 2 aliphatic heterocycles. The third kappa shape index (κ3) is 6.86. The zero-order chi connectivity index (χ0) is 33.1. The molecular weight excluding hydrogens is 598 g/mol. The average molecular weight is 640 g/mol. The first-order valence-electron chi connectivity index (χ1n) is 16.1. The van der Waals surface area contributed by atoms with Gasteiger partial charge in [-0.2, -0.15) is 5.10 Å². The summed E-state index contributed by atoms with van der Waals surface area (Å²) in [6.45, 7) is 4.91. The van der Waals surface area contributed by atoms with Gasteiger partial charge in [0.25, 0.3) is 5.91 Å². The number of rotatable bonds is 6. The largest absolute Gasteiger partial charge is 0.491 e. The minimum Gasteiger partial charge on any atom is -0.491 e. The Morgan fingerprint density at radius 1 is 1.06 bits per heavy atom. The molecule has 2 aromatic carbocycles. The zero-order valence-electron chi connectivity index (χ0n) is 27.0. The van der Waals surface area contributed by atoms with Crippen LogP contribution in [0.5, 0.6) is 5.75 Å². The third-order valence-corrected chi connectivity index (χ3v) is 9.30. The Balaban J connectivity index is 1.27. The minimum atomic E-state index is -1.20. The van der Waals surface area contributed by atoms with Gasteiger partial charge in [-0.3, -0.25) is 23.9 Å². The molecule has 4 heterocycles. The van der Waals surface area contributed by atoms with Crippen LogP contribution in [0.3, 0.4) is 0 Å². The summed E-state index contributed by atoms with van der Waals surface area (Å²) < 4.78 is 7.96. The Labute approximate surface area is 273 Å². The highest BCUT2D eigenvalue weighted by atomic mass is 16.5. The van der Waals surface area contributed by atoms with Gasteiger partial charge in [-0.1, -0.05) is 30.3 Å². The quantitative estimate of drug-likeness (QED) is 0.255. The number of benzene rings is 2. The van der Waals surface area contributed by atoms with Gasteiger partial charge in [-0.25, -0.2) is 0 Å². The Hall–Kier alpha value is -5.13. The Bertz CT molecular complexity index is 1810. The summed E-state index contributed by atoms with van der Waals surface area (Å²) in [5, 5.41) is 14.0. The molecule has 246 valence electrons. The number of hydrogen-bond donors (Lipinski definition) is 4. The summed E-state index contributed by atoms with van der Waals surface area (Å²) in [5.41, 5.74) is 5.00. The monoisotopic (exact) mass is 639 g/mol. The van der Waals surface area contributed by atoms with Gasteiger partial charge >= 0.3 is 0 Å². The number of para-hydroxylation sites is 2. The second-order valence-electron chi connectivity index (χ2n) is 12.4. The van der Waals surface area contributed by atoms with Gasteiger partial charge in [0, 0.05) is 49.4 Å². The molecule has 0 bridgehead atoms. The van der Waals surface area contributed by atoms with E-state index in [0.29, 0.717) is 18.7 Å². The van der Waals surface area contributed by atoms with E-state index in [1.54, 1.807) is 33.8 Å². The van der Waals surface area contributed by atoms with E-state index in [9.17, 15) is 19.2 Å². The number of nitrogens with zero attached hydrogens (tertiary/aromatic N) is 3. The molecule has 47 heavy (non-hydrogen) atoms. The van der Waals surface area contributed by atoms with Crippen molar-refractivity contribution in [3.8, 4) is 5.75 Å². The van der Waals surface area contributed by atoms with Crippen molar-refractivity contribution >= 4 is 34.5 Å². The first-order valence-corrected chi connectivity index (χ1v) is 16.1. The van der Waals surface area contributed by atoms with Crippen LogP contribution in [0.4, 0.5) is 0 Å². The molecule has 2 aliphatic rings. The van der Waals surface area contributed by atoms with Crippen molar-refractivity contribution in [1.29, 1.82) is 0 Å². The van der Waals surface area contributed by atoms with Crippen LogP contribution in [-0.4, -0.2) is 81.1 Å². The number of aromatic amines is 1. The number of aryl methyl sites for hydroxylation is 2. The van der Waals surface area contributed by atoms with Crippen LogP contribution in [0.15, 0.2) is 54.7 Å². The Morgan fingerprint density at radius 3 is 2.66 bits per heavy atom. The molecule has 3 atom stereocenters. The number of amides is 4.